The maximum absolute atomic E-state index is 11.9. The summed E-state index contributed by atoms with van der Waals surface area (Å²) in [6, 6.07) is 0. The topological polar surface area (TPSA) is 113 Å². The lowest BCUT2D eigenvalue weighted by atomic mass is 10.0. The summed E-state index contributed by atoms with van der Waals surface area (Å²) in [4.78, 5) is 23.8. The van der Waals surface area contributed by atoms with Crippen molar-refractivity contribution in [3.8, 4) is 0 Å². The molecule has 3 atom stereocenters. The molecule has 0 radical (unpaired) electrons. The minimum absolute atomic E-state index is 0.0685. The van der Waals surface area contributed by atoms with Crippen LogP contribution in [0.4, 0.5) is 0 Å². The molecule has 43 heavy (non-hydrogen) atoms. The molecule has 0 fully saturated rings. The van der Waals surface area contributed by atoms with Gasteiger partial charge in [0.2, 0.25) is 0 Å². The van der Waals surface area contributed by atoms with E-state index in [1.54, 1.807) is 0 Å². The molecule has 7 heteroatoms. The number of carbonyl (C=O) groups excluding carboxylic acids is 2. The molecule has 0 aromatic carbocycles. The van der Waals surface area contributed by atoms with Crippen LogP contribution in [-0.4, -0.2) is 58.8 Å². The van der Waals surface area contributed by atoms with Crippen LogP contribution in [-0.2, 0) is 19.1 Å². The van der Waals surface area contributed by atoms with Crippen molar-refractivity contribution in [2.24, 2.45) is 0 Å². The minimum atomic E-state index is -1.07. The van der Waals surface area contributed by atoms with E-state index in [1.807, 2.05) is 12.2 Å². The number of carbonyl (C=O) groups is 2. The van der Waals surface area contributed by atoms with Gasteiger partial charge in [-0.1, -0.05) is 120 Å². The maximum atomic E-state index is 11.9. The number of unbranched alkanes of at least 4 members (excludes halogenated alkanes) is 9. The summed E-state index contributed by atoms with van der Waals surface area (Å²) in [7, 11) is 0. The molecule has 0 rings (SSSR count). The summed E-state index contributed by atoms with van der Waals surface area (Å²) < 4.78 is 10.1. The van der Waals surface area contributed by atoms with Crippen molar-refractivity contribution in [2.45, 2.75) is 154 Å². The third-order valence-electron chi connectivity index (χ3n) is 7.03. The fraction of sp³-hybridized carbons (Fsp3) is 0.722. The fourth-order valence-corrected chi connectivity index (χ4v) is 4.35. The third kappa shape index (κ3) is 29.6. The Hall–Kier alpha value is -2.22. The van der Waals surface area contributed by atoms with E-state index in [2.05, 4.69) is 50.3 Å². The molecule has 248 valence electrons. The van der Waals surface area contributed by atoms with E-state index in [9.17, 15) is 24.9 Å². The number of aliphatic hydroxyl groups is 3. The van der Waals surface area contributed by atoms with Crippen LogP contribution in [0.2, 0.25) is 0 Å². The first kappa shape index (κ1) is 40.8. The van der Waals surface area contributed by atoms with Crippen molar-refractivity contribution < 1.29 is 34.4 Å². The second-order valence-electron chi connectivity index (χ2n) is 11.2. The summed E-state index contributed by atoms with van der Waals surface area (Å²) in [5.41, 5.74) is 0. The molecule has 0 aliphatic carbocycles. The highest BCUT2D eigenvalue weighted by Gasteiger charge is 2.16. The molecule has 0 saturated heterocycles. The number of esters is 2. The zero-order valence-corrected chi connectivity index (χ0v) is 27.2. The number of allylic oxidation sites excluding steroid dienone is 7. The maximum Gasteiger partial charge on any atom is 0.305 e. The molecule has 0 saturated carbocycles. The highest BCUT2D eigenvalue weighted by atomic mass is 16.6. The Morgan fingerprint density at radius 1 is 0.558 bits per heavy atom. The van der Waals surface area contributed by atoms with Gasteiger partial charge in [-0.05, 0) is 51.4 Å². The molecule has 0 aliphatic heterocycles. The van der Waals surface area contributed by atoms with Gasteiger partial charge in [0.05, 0.1) is 12.2 Å². The van der Waals surface area contributed by atoms with Gasteiger partial charge in [0.1, 0.15) is 19.3 Å². The molecule has 3 N–H and O–H groups in total. The van der Waals surface area contributed by atoms with Gasteiger partial charge >= 0.3 is 11.9 Å². The molecule has 0 unspecified atom stereocenters. The second kappa shape index (κ2) is 31.2. The Morgan fingerprint density at radius 2 is 1.00 bits per heavy atom. The van der Waals surface area contributed by atoms with Crippen LogP contribution in [0, 0.1) is 0 Å². The van der Waals surface area contributed by atoms with Crippen molar-refractivity contribution >= 4 is 11.9 Å². The number of aliphatic hydroxyl groups excluding tert-OH is 3. The van der Waals surface area contributed by atoms with Gasteiger partial charge in [0.25, 0.3) is 0 Å². The van der Waals surface area contributed by atoms with Gasteiger partial charge in [-0.25, -0.2) is 0 Å². The summed E-state index contributed by atoms with van der Waals surface area (Å²) >= 11 is 0. The highest BCUT2D eigenvalue weighted by Crippen LogP contribution is 2.12. The molecule has 0 heterocycles. The first-order chi connectivity index (χ1) is 20.9. The SMILES string of the molecule is CC/C=C\C/C=C\C/C=C\C/C=C\C[C@H](O)[C@@H](O)CCCC(=O)OC[C@H](O)COC(=O)CCCCCCCCCCCC. The average molecular weight is 607 g/mol. The Morgan fingerprint density at radius 3 is 1.51 bits per heavy atom. The van der Waals surface area contributed by atoms with Crippen LogP contribution in [0.1, 0.15) is 136 Å². The molecule has 0 spiro atoms. The van der Waals surface area contributed by atoms with Crippen molar-refractivity contribution in [1.29, 1.82) is 0 Å². The minimum Gasteiger partial charge on any atom is -0.463 e. The predicted octanol–water partition coefficient (Wildman–Crippen LogP) is 7.83. The Balaban J connectivity index is 3.76. The molecular formula is C36H62O7. The van der Waals surface area contributed by atoms with Crippen LogP contribution >= 0.6 is 0 Å². The first-order valence-corrected chi connectivity index (χ1v) is 16.9. The van der Waals surface area contributed by atoms with Gasteiger partial charge in [-0.3, -0.25) is 9.59 Å². The van der Waals surface area contributed by atoms with Gasteiger partial charge < -0.3 is 24.8 Å². The molecule has 0 amide bonds. The van der Waals surface area contributed by atoms with Crippen LogP contribution in [0.5, 0.6) is 0 Å². The lowest BCUT2D eigenvalue weighted by molar-refractivity contribution is -0.152. The standard InChI is InChI=1S/C36H62O7/c1-3-5-7-9-11-13-15-16-17-19-21-23-26-33(38)34(39)27-25-29-36(41)43-31-32(37)30-42-35(40)28-24-22-20-18-14-12-10-8-6-4-2/h5,7,11,13,16-17,21,23,32-34,37-39H,3-4,6,8-10,12,14-15,18-20,22,24-31H2,1-2H3/b7-5-,13-11-,17-16-,23-21-/t32-,33+,34+/m1/s1. The van der Waals surface area contributed by atoms with Gasteiger partial charge in [-0.15, -0.1) is 0 Å². The average Bonchev–Trinajstić information content (AvgIpc) is 3.00. The summed E-state index contributed by atoms with van der Waals surface area (Å²) in [6.45, 7) is 3.89. The fourth-order valence-electron chi connectivity index (χ4n) is 4.35. The zero-order valence-electron chi connectivity index (χ0n) is 27.2. The van der Waals surface area contributed by atoms with E-state index < -0.39 is 24.3 Å². The predicted molar refractivity (Wildman–Crippen MR) is 176 cm³/mol. The van der Waals surface area contributed by atoms with Crippen LogP contribution in [0.25, 0.3) is 0 Å². The number of ether oxygens (including phenoxy) is 2. The van der Waals surface area contributed by atoms with E-state index in [1.165, 1.54) is 44.9 Å². The van der Waals surface area contributed by atoms with Gasteiger partial charge in [0, 0.05) is 12.8 Å². The zero-order chi connectivity index (χ0) is 31.8. The summed E-state index contributed by atoms with van der Waals surface area (Å²) in [5, 5.41) is 30.2. The summed E-state index contributed by atoms with van der Waals surface area (Å²) in [5.74, 6) is -0.848. The molecule has 0 aliphatic rings. The largest absolute Gasteiger partial charge is 0.463 e. The first-order valence-electron chi connectivity index (χ1n) is 16.9. The van der Waals surface area contributed by atoms with E-state index in [4.69, 9.17) is 9.47 Å². The van der Waals surface area contributed by atoms with Crippen molar-refractivity contribution in [3.63, 3.8) is 0 Å². The number of hydrogen-bond acceptors (Lipinski definition) is 7. The third-order valence-corrected chi connectivity index (χ3v) is 7.03. The van der Waals surface area contributed by atoms with Crippen molar-refractivity contribution in [3.05, 3.63) is 48.6 Å². The van der Waals surface area contributed by atoms with E-state index in [-0.39, 0.29) is 32.0 Å². The van der Waals surface area contributed by atoms with Crippen molar-refractivity contribution in [2.75, 3.05) is 13.2 Å². The lowest BCUT2D eigenvalue weighted by Crippen LogP contribution is -2.26. The molecule has 0 aromatic rings. The molecule has 7 nitrogen and oxygen atoms in total. The van der Waals surface area contributed by atoms with Crippen LogP contribution < -0.4 is 0 Å². The Labute approximate surface area is 262 Å². The van der Waals surface area contributed by atoms with E-state index >= 15 is 0 Å². The van der Waals surface area contributed by atoms with Crippen molar-refractivity contribution in [1.82, 2.24) is 0 Å². The normalized spacial score (nSPS) is 14.3. The molecule has 0 aromatic heterocycles. The highest BCUT2D eigenvalue weighted by molar-refractivity contribution is 5.69. The monoisotopic (exact) mass is 606 g/mol. The van der Waals surface area contributed by atoms with Crippen LogP contribution in [0.3, 0.4) is 0 Å². The number of rotatable bonds is 29. The van der Waals surface area contributed by atoms with Gasteiger partial charge in [0.15, 0.2) is 0 Å². The van der Waals surface area contributed by atoms with Crippen LogP contribution in [0.15, 0.2) is 48.6 Å². The number of hydrogen-bond donors (Lipinski definition) is 3. The summed E-state index contributed by atoms with van der Waals surface area (Å²) in [6.07, 6.45) is 30.6. The van der Waals surface area contributed by atoms with E-state index in [0.717, 1.165) is 44.9 Å². The Kier molecular flexibility index (Phi) is 29.6. The second-order valence-corrected chi connectivity index (χ2v) is 11.2. The quantitative estimate of drug-likeness (QED) is 0.0452. The molecular weight excluding hydrogens is 544 g/mol. The molecule has 0 bridgehead atoms. The van der Waals surface area contributed by atoms with E-state index in [0.29, 0.717) is 19.3 Å². The smallest absolute Gasteiger partial charge is 0.305 e. The van der Waals surface area contributed by atoms with Gasteiger partial charge in [-0.2, -0.15) is 0 Å². The Bertz CT molecular complexity index is 772. The lowest BCUT2D eigenvalue weighted by Gasteiger charge is -2.16.